The minimum absolute atomic E-state index is 0.292. The number of ether oxygens (including phenoxy) is 1. The van der Waals surface area contributed by atoms with Crippen LogP contribution in [0.5, 0.6) is 5.75 Å². The molecule has 32 heavy (non-hydrogen) atoms. The van der Waals surface area contributed by atoms with Crippen LogP contribution in [0.2, 0.25) is 0 Å². The molecule has 2 rings (SSSR count). The van der Waals surface area contributed by atoms with E-state index in [1.807, 2.05) is 26.0 Å². The van der Waals surface area contributed by atoms with Crippen LogP contribution in [-0.4, -0.2) is 20.2 Å². The lowest BCUT2D eigenvalue weighted by Crippen LogP contribution is -2.41. The molecule has 8 nitrogen and oxygen atoms in total. The van der Waals surface area contributed by atoms with Crippen molar-refractivity contribution in [2.75, 3.05) is 0 Å². The quantitative estimate of drug-likeness (QED) is 0.195. The molecule has 0 radical (unpaired) electrons. The lowest BCUT2D eigenvalue weighted by atomic mass is 10.1. The molecule has 0 atom stereocenters. The number of carbonyl (C=O) groups is 2. The standard InChI is InChI=1S/C22H22IN3O5S/c1-3-7-20(15(2)23)31-18-12-10-16(11-13-18)14-19(22(28)26-32(24,29)30)25-21(27)17-8-5-4-6-9-17/h3-14H,1-2H3,(H,25,27)(H,26,28)(H2,24,29,30)/b7-3-,19-14-,20-15-. The molecule has 10 heteroatoms. The van der Waals surface area contributed by atoms with E-state index in [1.165, 1.54) is 6.08 Å². The molecule has 0 aliphatic heterocycles. The highest BCUT2D eigenvalue weighted by Gasteiger charge is 2.18. The molecule has 0 saturated heterocycles. The van der Waals surface area contributed by atoms with E-state index in [1.54, 1.807) is 59.3 Å². The van der Waals surface area contributed by atoms with Gasteiger partial charge >= 0.3 is 0 Å². The molecule has 0 bridgehead atoms. The molecule has 0 unspecified atom stereocenters. The van der Waals surface area contributed by atoms with Gasteiger partial charge in [0.05, 0.1) is 0 Å². The summed E-state index contributed by atoms with van der Waals surface area (Å²) >= 11 is 2.16. The van der Waals surface area contributed by atoms with Crippen LogP contribution in [0.4, 0.5) is 0 Å². The number of hydrogen-bond acceptors (Lipinski definition) is 5. The zero-order chi connectivity index (χ0) is 23.7. The van der Waals surface area contributed by atoms with Crippen molar-refractivity contribution < 1.29 is 22.7 Å². The molecule has 0 saturated carbocycles. The van der Waals surface area contributed by atoms with Crippen molar-refractivity contribution in [2.24, 2.45) is 5.14 Å². The topological polar surface area (TPSA) is 128 Å². The van der Waals surface area contributed by atoms with Crippen LogP contribution < -0.4 is 19.9 Å². The Hall–Kier alpha value is -2.96. The van der Waals surface area contributed by atoms with E-state index in [0.29, 0.717) is 22.6 Å². The Bertz CT molecular complexity index is 1170. The van der Waals surface area contributed by atoms with E-state index in [9.17, 15) is 18.0 Å². The number of amides is 2. The van der Waals surface area contributed by atoms with Gasteiger partial charge in [-0.1, -0.05) is 36.4 Å². The maximum Gasteiger partial charge on any atom is 0.299 e. The van der Waals surface area contributed by atoms with Crippen molar-refractivity contribution in [3.05, 3.63) is 92.9 Å². The van der Waals surface area contributed by atoms with Crippen LogP contribution in [-0.2, 0) is 15.0 Å². The van der Waals surface area contributed by atoms with Crippen LogP contribution in [0.1, 0.15) is 29.8 Å². The summed E-state index contributed by atoms with van der Waals surface area (Å²) in [5, 5.41) is 7.32. The molecular formula is C22H22IN3O5S. The first kappa shape index (κ1) is 25.3. The largest absolute Gasteiger partial charge is 0.457 e. The maximum absolute atomic E-state index is 12.5. The number of rotatable bonds is 8. The molecule has 2 aromatic rings. The van der Waals surface area contributed by atoms with Crippen molar-refractivity contribution in [1.82, 2.24) is 10.0 Å². The molecule has 168 valence electrons. The molecule has 0 heterocycles. The van der Waals surface area contributed by atoms with Gasteiger partial charge in [0, 0.05) is 9.14 Å². The fourth-order valence-electron chi connectivity index (χ4n) is 2.42. The Balaban J connectivity index is 2.32. The third-order valence-corrected chi connectivity index (χ3v) is 4.84. The van der Waals surface area contributed by atoms with Crippen molar-refractivity contribution in [1.29, 1.82) is 0 Å². The van der Waals surface area contributed by atoms with Crippen molar-refractivity contribution in [2.45, 2.75) is 13.8 Å². The number of nitrogens with two attached hydrogens (primary N) is 1. The fraction of sp³-hybridized carbons (Fsp3) is 0.0909. The number of halogens is 1. The first-order valence-corrected chi connectivity index (χ1v) is 11.9. The molecule has 0 aliphatic rings. The minimum Gasteiger partial charge on any atom is -0.457 e. The van der Waals surface area contributed by atoms with Gasteiger partial charge in [0.2, 0.25) is 0 Å². The van der Waals surface area contributed by atoms with Gasteiger partial charge in [-0.2, -0.15) is 8.42 Å². The zero-order valence-corrected chi connectivity index (χ0v) is 20.3. The molecule has 0 aliphatic carbocycles. The van der Waals surface area contributed by atoms with E-state index < -0.39 is 22.0 Å². The van der Waals surface area contributed by atoms with Gasteiger partial charge in [0.15, 0.2) is 0 Å². The third-order valence-electron chi connectivity index (χ3n) is 3.84. The molecular weight excluding hydrogens is 545 g/mol. The highest BCUT2D eigenvalue weighted by molar-refractivity contribution is 14.1. The molecule has 0 spiro atoms. The van der Waals surface area contributed by atoms with Crippen LogP contribution in [0.25, 0.3) is 6.08 Å². The fourth-order valence-corrected chi connectivity index (χ4v) is 3.08. The van der Waals surface area contributed by atoms with Crippen molar-refractivity contribution >= 4 is 50.7 Å². The summed E-state index contributed by atoms with van der Waals surface area (Å²) in [6.45, 7) is 3.80. The summed E-state index contributed by atoms with van der Waals surface area (Å²) in [5.41, 5.74) is 0.523. The van der Waals surface area contributed by atoms with Gasteiger partial charge < -0.3 is 10.1 Å². The summed E-state index contributed by atoms with van der Waals surface area (Å²) in [4.78, 5) is 24.9. The normalized spacial score (nSPS) is 12.8. The summed E-state index contributed by atoms with van der Waals surface area (Å²) in [5.74, 6) is -0.397. The Morgan fingerprint density at radius 2 is 1.69 bits per heavy atom. The average molecular weight is 567 g/mol. The lowest BCUT2D eigenvalue weighted by molar-refractivity contribution is -0.116. The average Bonchev–Trinajstić information content (AvgIpc) is 2.73. The lowest BCUT2D eigenvalue weighted by Gasteiger charge is -2.11. The second-order valence-corrected chi connectivity index (χ2v) is 9.34. The summed E-state index contributed by atoms with van der Waals surface area (Å²) in [7, 11) is -4.32. The predicted molar refractivity (Wildman–Crippen MR) is 132 cm³/mol. The van der Waals surface area contributed by atoms with E-state index in [-0.39, 0.29) is 5.70 Å². The second-order valence-electron chi connectivity index (χ2n) is 6.42. The van der Waals surface area contributed by atoms with E-state index in [4.69, 9.17) is 9.88 Å². The van der Waals surface area contributed by atoms with Crippen molar-refractivity contribution in [3.63, 3.8) is 0 Å². The molecule has 2 amide bonds. The second kappa shape index (κ2) is 11.6. The smallest absolute Gasteiger partial charge is 0.299 e. The van der Waals surface area contributed by atoms with Gasteiger partial charge in [-0.05, 0) is 78.4 Å². The van der Waals surface area contributed by atoms with Crippen LogP contribution in [0.15, 0.2) is 81.8 Å². The maximum atomic E-state index is 12.5. The summed E-state index contributed by atoms with van der Waals surface area (Å²) in [6.07, 6.45) is 5.03. The Morgan fingerprint density at radius 1 is 1.06 bits per heavy atom. The van der Waals surface area contributed by atoms with E-state index in [0.717, 1.165) is 3.58 Å². The molecule has 2 aromatic carbocycles. The molecule has 0 fully saturated rings. The highest BCUT2D eigenvalue weighted by Crippen LogP contribution is 2.21. The minimum atomic E-state index is -4.32. The monoisotopic (exact) mass is 567 g/mol. The van der Waals surface area contributed by atoms with E-state index >= 15 is 0 Å². The van der Waals surface area contributed by atoms with Crippen LogP contribution >= 0.6 is 22.6 Å². The summed E-state index contributed by atoms with van der Waals surface area (Å²) in [6, 6.07) is 14.9. The SMILES string of the molecule is C/C=C\C(Oc1ccc(/C=C(\NC(=O)c2ccccc2)C(=O)NS(N)(=O)=O)cc1)=C(/C)I. The number of hydrogen-bond donors (Lipinski definition) is 3. The first-order valence-electron chi connectivity index (χ1n) is 9.29. The van der Waals surface area contributed by atoms with Gasteiger partial charge in [-0.3, -0.25) is 9.59 Å². The van der Waals surface area contributed by atoms with Gasteiger partial charge in [0.1, 0.15) is 17.2 Å². The third kappa shape index (κ3) is 8.29. The molecule has 0 aromatic heterocycles. The highest BCUT2D eigenvalue weighted by atomic mass is 127. The predicted octanol–water partition coefficient (Wildman–Crippen LogP) is 3.40. The Morgan fingerprint density at radius 3 is 2.22 bits per heavy atom. The van der Waals surface area contributed by atoms with Gasteiger partial charge in [-0.25, -0.2) is 9.86 Å². The van der Waals surface area contributed by atoms with Crippen LogP contribution in [0, 0.1) is 0 Å². The summed E-state index contributed by atoms with van der Waals surface area (Å²) < 4.78 is 31.0. The van der Waals surface area contributed by atoms with Gasteiger partial charge in [-0.15, -0.1) is 0 Å². The van der Waals surface area contributed by atoms with E-state index in [2.05, 4.69) is 27.9 Å². The molecule has 4 N–H and O–H groups in total. The van der Waals surface area contributed by atoms with Crippen LogP contribution in [0.3, 0.4) is 0 Å². The first-order chi connectivity index (χ1) is 15.1. The Kier molecular flexibility index (Phi) is 9.17. The zero-order valence-electron chi connectivity index (χ0n) is 17.3. The number of benzene rings is 2. The number of allylic oxidation sites excluding steroid dienone is 3. The van der Waals surface area contributed by atoms with Crippen molar-refractivity contribution in [3.8, 4) is 5.75 Å². The van der Waals surface area contributed by atoms with Gasteiger partial charge in [0.25, 0.3) is 22.0 Å². The number of carbonyl (C=O) groups excluding carboxylic acids is 2. The number of nitrogens with one attached hydrogen (secondary N) is 2. The Labute approximate surface area is 200 Å².